The van der Waals surface area contributed by atoms with E-state index < -0.39 is 0 Å². The van der Waals surface area contributed by atoms with Crippen LogP contribution in [0.25, 0.3) is 10.9 Å². The molecule has 0 aliphatic rings. The lowest BCUT2D eigenvalue weighted by atomic mass is 10.1. The first kappa shape index (κ1) is 19.8. The number of benzene rings is 2. The molecule has 0 atom stereocenters. The van der Waals surface area contributed by atoms with Crippen molar-refractivity contribution in [2.45, 2.75) is 26.9 Å². The Kier molecular flexibility index (Phi) is 6.98. The number of nitrogens with one attached hydrogen (secondary N) is 1. The van der Waals surface area contributed by atoms with Crippen molar-refractivity contribution in [3.63, 3.8) is 0 Å². The Morgan fingerprint density at radius 2 is 1.89 bits per heavy atom. The highest BCUT2D eigenvalue weighted by Crippen LogP contribution is 2.23. The highest BCUT2D eigenvalue weighted by atomic mass is 16.5. The van der Waals surface area contributed by atoms with E-state index >= 15 is 0 Å². The summed E-state index contributed by atoms with van der Waals surface area (Å²) < 4.78 is 11.2. The molecule has 3 rings (SSSR count). The van der Waals surface area contributed by atoms with Gasteiger partial charge in [0, 0.05) is 31.2 Å². The van der Waals surface area contributed by atoms with Crippen LogP contribution in [0.5, 0.6) is 5.88 Å². The lowest BCUT2D eigenvalue weighted by Gasteiger charge is -2.11. The molecule has 0 saturated heterocycles. The van der Waals surface area contributed by atoms with E-state index in [0.717, 1.165) is 22.9 Å². The molecule has 5 nitrogen and oxygen atoms in total. The summed E-state index contributed by atoms with van der Waals surface area (Å²) in [4.78, 5) is 17.3. The summed E-state index contributed by atoms with van der Waals surface area (Å²) in [6.07, 6.45) is 0.777. The molecule has 1 heterocycles. The van der Waals surface area contributed by atoms with Crippen LogP contribution in [-0.4, -0.2) is 30.6 Å². The highest BCUT2D eigenvalue weighted by Gasteiger charge is 2.13. The molecule has 0 spiro atoms. The Morgan fingerprint density at radius 3 is 2.68 bits per heavy atom. The van der Waals surface area contributed by atoms with E-state index in [1.54, 1.807) is 6.07 Å². The first-order valence-corrected chi connectivity index (χ1v) is 9.61. The van der Waals surface area contributed by atoms with Crippen molar-refractivity contribution in [2.75, 3.05) is 19.8 Å². The second-order valence-corrected chi connectivity index (χ2v) is 6.61. The molecule has 1 amide bonds. The van der Waals surface area contributed by atoms with Crippen molar-refractivity contribution in [1.82, 2.24) is 10.3 Å². The molecule has 2 aromatic carbocycles. The number of para-hydroxylation sites is 1. The number of hydrogen-bond acceptors (Lipinski definition) is 4. The van der Waals surface area contributed by atoms with Gasteiger partial charge in [-0.15, -0.1) is 0 Å². The number of carbonyl (C=O) groups excluding carboxylic acids is 1. The average Bonchev–Trinajstić information content (AvgIpc) is 2.72. The Hall–Kier alpha value is -2.92. The molecule has 146 valence electrons. The minimum atomic E-state index is -0.129. The lowest BCUT2D eigenvalue weighted by Crippen LogP contribution is -2.25. The van der Waals surface area contributed by atoms with E-state index in [-0.39, 0.29) is 5.91 Å². The molecule has 1 aromatic heterocycles. The summed E-state index contributed by atoms with van der Waals surface area (Å²) in [5.74, 6) is 0.314. The van der Waals surface area contributed by atoms with Crippen LogP contribution < -0.4 is 10.1 Å². The zero-order valence-electron chi connectivity index (χ0n) is 16.4. The predicted molar refractivity (Wildman–Crippen MR) is 111 cm³/mol. The molecule has 1 N–H and O–H groups in total. The van der Waals surface area contributed by atoms with Crippen molar-refractivity contribution < 1.29 is 14.3 Å². The van der Waals surface area contributed by atoms with Crippen LogP contribution in [0.1, 0.15) is 34.8 Å². The number of aryl methyl sites for hydroxylation is 1. The van der Waals surface area contributed by atoms with E-state index in [9.17, 15) is 4.79 Å². The topological polar surface area (TPSA) is 60.5 Å². The second-order valence-electron chi connectivity index (χ2n) is 6.61. The van der Waals surface area contributed by atoms with Gasteiger partial charge in [0.05, 0.1) is 11.1 Å². The lowest BCUT2D eigenvalue weighted by molar-refractivity contribution is 0.0945. The first-order chi connectivity index (χ1) is 13.7. The molecule has 0 saturated carbocycles. The van der Waals surface area contributed by atoms with Crippen LogP contribution in [-0.2, 0) is 11.3 Å². The summed E-state index contributed by atoms with van der Waals surface area (Å²) in [6.45, 7) is 6.30. The fourth-order valence-corrected chi connectivity index (χ4v) is 2.87. The van der Waals surface area contributed by atoms with E-state index in [2.05, 4.69) is 17.2 Å². The van der Waals surface area contributed by atoms with Gasteiger partial charge in [-0.3, -0.25) is 4.79 Å². The number of fused-ring (bicyclic) bond motifs is 1. The molecule has 28 heavy (non-hydrogen) atoms. The molecule has 0 unspecified atom stereocenters. The monoisotopic (exact) mass is 378 g/mol. The van der Waals surface area contributed by atoms with Crippen molar-refractivity contribution in [2.24, 2.45) is 0 Å². The second kappa shape index (κ2) is 9.85. The van der Waals surface area contributed by atoms with Crippen LogP contribution in [0.15, 0.2) is 54.6 Å². The van der Waals surface area contributed by atoms with E-state index in [1.165, 1.54) is 5.56 Å². The Bertz CT molecular complexity index is 923. The minimum Gasteiger partial charge on any atom is -0.473 e. The molecule has 0 aliphatic heterocycles. The van der Waals surface area contributed by atoms with Gasteiger partial charge in [0.2, 0.25) is 5.88 Å². The van der Waals surface area contributed by atoms with Crippen LogP contribution in [0.4, 0.5) is 0 Å². The molecule has 5 heteroatoms. The van der Waals surface area contributed by atoms with Gasteiger partial charge in [0.1, 0.15) is 6.61 Å². The maximum Gasteiger partial charge on any atom is 0.252 e. The van der Waals surface area contributed by atoms with Crippen molar-refractivity contribution in [3.05, 3.63) is 71.3 Å². The van der Waals surface area contributed by atoms with Crippen LogP contribution >= 0.6 is 0 Å². The maximum absolute atomic E-state index is 12.7. The van der Waals surface area contributed by atoms with Gasteiger partial charge < -0.3 is 14.8 Å². The Morgan fingerprint density at radius 1 is 1.11 bits per heavy atom. The third kappa shape index (κ3) is 5.30. The van der Waals surface area contributed by atoms with Crippen molar-refractivity contribution in [1.29, 1.82) is 0 Å². The van der Waals surface area contributed by atoms with Gasteiger partial charge in [0.25, 0.3) is 5.91 Å². The number of rotatable bonds is 9. The van der Waals surface area contributed by atoms with Crippen molar-refractivity contribution in [3.8, 4) is 5.88 Å². The standard InChI is InChI=1S/C23H26N2O3/c1-3-27-14-6-13-24-23(26)20-15-22(25-21-8-5-4-7-19(20)21)28-16-18-11-9-17(2)10-12-18/h4-5,7-12,15H,3,6,13-14,16H2,1-2H3,(H,24,26). The minimum absolute atomic E-state index is 0.129. The van der Waals surface area contributed by atoms with Crippen LogP contribution in [0.2, 0.25) is 0 Å². The normalized spacial score (nSPS) is 10.8. The zero-order chi connectivity index (χ0) is 19.8. The molecule has 0 radical (unpaired) electrons. The third-order valence-corrected chi connectivity index (χ3v) is 4.40. The van der Waals surface area contributed by atoms with Gasteiger partial charge in [-0.1, -0.05) is 48.0 Å². The van der Waals surface area contributed by atoms with Gasteiger partial charge in [-0.25, -0.2) is 4.98 Å². The van der Waals surface area contributed by atoms with Crippen LogP contribution in [0, 0.1) is 6.92 Å². The smallest absolute Gasteiger partial charge is 0.252 e. The number of ether oxygens (including phenoxy) is 2. The SMILES string of the molecule is CCOCCCNC(=O)c1cc(OCc2ccc(C)cc2)nc2ccccc12. The van der Waals surface area contributed by atoms with E-state index in [4.69, 9.17) is 9.47 Å². The maximum atomic E-state index is 12.7. The Labute approximate surface area is 165 Å². The number of amides is 1. The quantitative estimate of drug-likeness (QED) is 0.565. The van der Waals surface area contributed by atoms with E-state index in [0.29, 0.717) is 37.8 Å². The van der Waals surface area contributed by atoms with Crippen LogP contribution in [0.3, 0.4) is 0 Å². The number of aromatic nitrogens is 1. The predicted octanol–water partition coefficient (Wildman–Crippen LogP) is 4.28. The molecule has 3 aromatic rings. The Balaban J connectivity index is 1.74. The molecule has 0 bridgehead atoms. The molecular weight excluding hydrogens is 352 g/mol. The summed E-state index contributed by atoms with van der Waals surface area (Å²) in [5.41, 5.74) is 3.57. The largest absolute Gasteiger partial charge is 0.473 e. The fourth-order valence-electron chi connectivity index (χ4n) is 2.87. The highest BCUT2D eigenvalue weighted by molar-refractivity contribution is 6.06. The number of carbonyl (C=O) groups is 1. The average molecular weight is 378 g/mol. The number of hydrogen-bond donors (Lipinski definition) is 1. The zero-order valence-corrected chi connectivity index (χ0v) is 16.4. The summed E-state index contributed by atoms with van der Waals surface area (Å²) in [5, 5.41) is 3.77. The third-order valence-electron chi connectivity index (χ3n) is 4.40. The number of pyridine rings is 1. The van der Waals surface area contributed by atoms with Gasteiger partial charge in [0.15, 0.2) is 0 Å². The molecule has 0 aliphatic carbocycles. The molecule has 0 fully saturated rings. The van der Waals surface area contributed by atoms with Gasteiger partial charge >= 0.3 is 0 Å². The van der Waals surface area contributed by atoms with E-state index in [1.807, 2.05) is 55.5 Å². The fraction of sp³-hybridized carbons (Fsp3) is 0.304. The molecular formula is C23H26N2O3. The summed E-state index contributed by atoms with van der Waals surface area (Å²) in [6, 6.07) is 17.5. The van der Waals surface area contributed by atoms with Gasteiger partial charge in [-0.05, 0) is 31.9 Å². The first-order valence-electron chi connectivity index (χ1n) is 9.61. The summed E-state index contributed by atoms with van der Waals surface area (Å²) >= 11 is 0. The summed E-state index contributed by atoms with van der Waals surface area (Å²) in [7, 11) is 0. The van der Waals surface area contributed by atoms with Gasteiger partial charge in [-0.2, -0.15) is 0 Å². The van der Waals surface area contributed by atoms with Crippen molar-refractivity contribution >= 4 is 16.8 Å². The number of nitrogens with zero attached hydrogens (tertiary/aromatic N) is 1.